The summed E-state index contributed by atoms with van der Waals surface area (Å²) in [5, 5.41) is 9.95. The van der Waals surface area contributed by atoms with E-state index in [1.54, 1.807) is 0 Å². The van der Waals surface area contributed by atoms with E-state index in [1.807, 2.05) is 31.2 Å². The molecule has 1 amide bonds. The second-order valence-corrected chi connectivity index (χ2v) is 5.64. The van der Waals surface area contributed by atoms with Crippen molar-refractivity contribution in [2.75, 3.05) is 5.32 Å². The first-order valence-electron chi connectivity index (χ1n) is 7.77. The minimum Gasteiger partial charge on any atom is -0.421 e. The van der Waals surface area contributed by atoms with Crippen LogP contribution in [-0.4, -0.2) is 16.1 Å². The van der Waals surface area contributed by atoms with Crippen LogP contribution in [0.2, 0.25) is 0 Å². The second kappa shape index (κ2) is 7.38. The summed E-state index contributed by atoms with van der Waals surface area (Å²) < 4.78 is 45.0. The van der Waals surface area contributed by atoms with Gasteiger partial charge in [0.2, 0.25) is 17.7 Å². The Morgan fingerprint density at radius 2 is 1.77 bits per heavy atom. The maximum Gasteiger partial charge on any atom is 0.247 e. The zero-order chi connectivity index (χ0) is 18.7. The molecule has 1 aromatic heterocycles. The van der Waals surface area contributed by atoms with Gasteiger partial charge in [-0.2, -0.15) is 0 Å². The average molecular weight is 361 g/mol. The van der Waals surface area contributed by atoms with Gasteiger partial charge in [0.15, 0.2) is 17.5 Å². The molecule has 0 unspecified atom stereocenters. The van der Waals surface area contributed by atoms with E-state index in [-0.39, 0.29) is 18.7 Å². The molecule has 0 fully saturated rings. The lowest BCUT2D eigenvalue weighted by Gasteiger charge is -2.06. The van der Waals surface area contributed by atoms with Crippen LogP contribution in [0.25, 0.3) is 11.5 Å². The Balaban J connectivity index is 1.60. The number of anilines is 1. The molecule has 0 aliphatic rings. The Morgan fingerprint density at radius 3 is 2.50 bits per heavy atom. The molecule has 3 rings (SSSR count). The van der Waals surface area contributed by atoms with Gasteiger partial charge >= 0.3 is 0 Å². The van der Waals surface area contributed by atoms with Gasteiger partial charge in [-0.15, -0.1) is 10.2 Å². The first kappa shape index (κ1) is 17.7. The molecular formula is C18H14F3N3O2. The lowest BCUT2D eigenvalue weighted by Crippen LogP contribution is -2.14. The maximum absolute atomic E-state index is 13.5. The maximum atomic E-state index is 13.5. The van der Waals surface area contributed by atoms with Crippen molar-refractivity contribution >= 4 is 11.6 Å². The normalized spacial score (nSPS) is 10.8. The third-order valence-corrected chi connectivity index (χ3v) is 3.64. The van der Waals surface area contributed by atoms with Crippen LogP contribution in [0.15, 0.2) is 40.8 Å². The summed E-state index contributed by atoms with van der Waals surface area (Å²) >= 11 is 0. The topological polar surface area (TPSA) is 68.0 Å². The first-order chi connectivity index (χ1) is 12.4. The second-order valence-electron chi connectivity index (χ2n) is 5.64. The van der Waals surface area contributed by atoms with E-state index in [9.17, 15) is 18.0 Å². The number of benzene rings is 2. The molecule has 0 radical (unpaired) electrons. The fourth-order valence-corrected chi connectivity index (χ4v) is 2.22. The number of hydrogen-bond acceptors (Lipinski definition) is 4. The highest BCUT2D eigenvalue weighted by atomic mass is 19.2. The number of hydrogen-bond donors (Lipinski definition) is 1. The van der Waals surface area contributed by atoms with Crippen LogP contribution in [0.3, 0.4) is 0 Å². The summed E-state index contributed by atoms with van der Waals surface area (Å²) in [7, 11) is 0. The number of carbonyl (C=O) groups is 1. The van der Waals surface area contributed by atoms with Crippen LogP contribution >= 0.6 is 0 Å². The highest BCUT2D eigenvalue weighted by Crippen LogP contribution is 2.21. The molecule has 1 N–H and O–H groups in total. The predicted molar refractivity (Wildman–Crippen MR) is 87.7 cm³/mol. The van der Waals surface area contributed by atoms with Gasteiger partial charge in [-0.05, 0) is 31.2 Å². The van der Waals surface area contributed by atoms with Gasteiger partial charge in [0.05, 0.1) is 5.69 Å². The van der Waals surface area contributed by atoms with Crippen molar-refractivity contribution in [2.24, 2.45) is 0 Å². The Labute approximate surface area is 146 Å². The highest BCUT2D eigenvalue weighted by molar-refractivity contribution is 5.90. The molecule has 0 saturated carbocycles. The number of amides is 1. The van der Waals surface area contributed by atoms with Gasteiger partial charge in [-0.3, -0.25) is 4.79 Å². The van der Waals surface area contributed by atoms with Crippen molar-refractivity contribution in [1.82, 2.24) is 10.2 Å². The van der Waals surface area contributed by atoms with E-state index in [0.717, 1.165) is 23.3 Å². The van der Waals surface area contributed by atoms with Crippen molar-refractivity contribution in [2.45, 2.75) is 19.8 Å². The molecule has 2 aromatic carbocycles. The molecule has 0 spiro atoms. The number of aryl methyl sites for hydroxylation is 2. The Hall–Kier alpha value is -3.16. The van der Waals surface area contributed by atoms with E-state index in [4.69, 9.17) is 4.42 Å². The minimum atomic E-state index is -1.64. The van der Waals surface area contributed by atoms with Gasteiger partial charge < -0.3 is 9.73 Å². The summed E-state index contributed by atoms with van der Waals surface area (Å²) in [5.74, 6) is -4.44. The van der Waals surface area contributed by atoms with Gasteiger partial charge in [-0.25, -0.2) is 13.2 Å². The Morgan fingerprint density at radius 1 is 1.04 bits per heavy atom. The Kier molecular flexibility index (Phi) is 5.01. The molecular weight excluding hydrogens is 347 g/mol. The third-order valence-electron chi connectivity index (χ3n) is 3.64. The molecule has 0 saturated heterocycles. The quantitative estimate of drug-likeness (QED) is 0.697. The molecule has 0 bridgehead atoms. The van der Waals surface area contributed by atoms with Crippen LogP contribution in [0.5, 0.6) is 0 Å². The third kappa shape index (κ3) is 3.90. The summed E-state index contributed by atoms with van der Waals surface area (Å²) in [6.07, 6.45) is 0.0317. The summed E-state index contributed by atoms with van der Waals surface area (Å²) in [6.45, 7) is 1.96. The van der Waals surface area contributed by atoms with Gasteiger partial charge in [0.25, 0.3) is 0 Å². The molecule has 0 aliphatic carbocycles. The van der Waals surface area contributed by atoms with Crippen LogP contribution < -0.4 is 5.32 Å². The van der Waals surface area contributed by atoms with Crippen LogP contribution in [0, 0.1) is 24.4 Å². The molecule has 0 atom stereocenters. The number of halogens is 3. The minimum absolute atomic E-state index is 0.0893. The number of carbonyl (C=O) groups excluding carboxylic acids is 1. The number of nitrogens with zero attached hydrogens (tertiary/aromatic N) is 2. The van der Waals surface area contributed by atoms with Crippen molar-refractivity contribution in [3.05, 3.63) is 65.3 Å². The van der Waals surface area contributed by atoms with Crippen molar-refractivity contribution in [3.63, 3.8) is 0 Å². The first-order valence-corrected chi connectivity index (χ1v) is 7.77. The molecule has 8 heteroatoms. The van der Waals surface area contributed by atoms with Gasteiger partial charge in [0, 0.05) is 18.4 Å². The summed E-state index contributed by atoms with van der Waals surface area (Å²) in [5.41, 5.74) is 1.41. The molecule has 3 aromatic rings. The lowest BCUT2D eigenvalue weighted by atomic mass is 10.1. The highest BCUT2D eigenvalue weighted by Gasteiger charge is 2.16. The van der Waals surface area contributed by atoms with Crippen molar-refractivity contribution < 1.29 is 22.4 Å². The lowest BCUT2D eigenvalue weighted by molar-refractivity contribution is -0.116. The van der Waals surface area contributed by atoms with Crippen LogP contribution in [0.1, 0.15) is 17.9 Å². The molecule has 5 nitrogen and oxygen atoms in total. The van der Waals surface area contributed by atoms with Gasteiger partial charge in [-0.1, -0.05) is 17.7 Å². The zero-order valence-corrected chi connectivity index (χ0v) is 13.7. The number of rotatable bonds is 5. The van der Waals surface area contributed by atoms with E-state index >= 15 is 0 Å². The predicted octanol–water partition coefficient (Wildman–Crippen LogP) is 4.03. The monoisotopic (exact) mass is 361 g/mol. The van der Waals surface area contributed by atoms with Crippen LogP contribution in [-0.2, 0) is 11.2 Å². The zero-order valence-electron chi connectivity index (χ0n) is 13.7. The average Bonchev–Trinajstić information content (AvgIpc) is 3.10. The Bertz CT molecular complexity index is 939. The number of nitrogens with one attached hydrogen (secondary N) is 1. The largest absolute Gasteiger partial charge is 0.421 e. The van der Waals surface area contributed by atoms with E-state index in [0.29, 0.717) is 5.89 Å². The van der Waals surface area contributed by atoms with E-state index in [2.05, 4.69) is 15.5 Å². The van der Waals surface area contributed by atoms with E-state index < -0.39 is 29.0 Å². The molecule has 0 aliphatic heterocycles. The molecule has 1 heterocycles. The fraction of sp³-hybridized carbons (Fsp3) is 0.167. The smallest absolute Gasteiger partial charge is 0.247 e. The SMILES string of the molecule is Cc1ccc(-c2nnc(CCC(=O)Nc3ccc(F)c(F)c3F)o2)cc1. The standard InChI is InChI=1S/C18H14F3N3O2/c1-10-2-4-11(5-3-10)18-24-23-15(26-18)9-8-14(25)22-13-7-6-12(19)16(20)17(13)21/h2-7H,8-9H2,1H3,(H,22,25). The summed E-state index contributed by atoms with van der Waals surface area (Å²) in [6, 6.07) is 9.18. The summed E-state index contributed by atoms with van der Waals surface area (Å²) in [4.78, 5) is 11.9. The fourth-order valence-electron chi connectivity index (χ4n) is 2.22. The van der Waals surface area contributed by atoms with Crippen LogP contribution in [0.4, 0.5) is 18.9 Å². The van der Waals surface area contributed by atoms with Crippen molar-refractivity contribution in [3.8, 4) is 11.5 Å². The van der Waals surface area contributed by atoms with E-state index in [1.165, 1.54) is 0 Å². The molecule has 26 heavy (non-hydrogen) atoms. The van der Waals surface area contributed by atoms with Crippen molar-refractivity contribution in [1.29, 1.82) is 0 Å². The van der Waals surface area contributed by atoms with Gasteiger partial charge in [0.1, 0.15) is 0 Å². The number of aromatic nitrogens is 2. The molecule has 134 valence electrons.